The molecule has 1 fully saturated rings. The molecule has 1 aliphatic heterocycles. The number of hydrogen-bond donors (Lipinski definition) is 1. The highest BCUT2D eigenvalue weighted by Crippen LogP contribution is 2.17. The third kappa shape index (κ3) is 6.49. The van der Waals surface area contributed by atoms with Crippen LogP contribution in [-0.4, -0.2) is 45.8 Å². The van der Waals surface area contributed by atoms with Crippen LogP contribution < -0.4 is 10.1 Å². The number of carbonyl (C=O) groups is 2. The van der Waals surface area contributed by atoms with Crippen LogP contribution in [-0.2, 0) is 11.4 Å². The summed E-state index contributed by atoms with van der Waals surface area (Å²) in [6.45, 7) is 3.64. The number of rotatable bonds is 7. The van der Waals surface area contributed by atoms with Crippen molar-refractivity contribution < 1.29 is 14.3 Å². The second kappa shape index (κ2) is 10.9. The lowest BCUT2D eigenvalue weighted by Gasteiger charge is -2.31. The van der Waals surface area contributed by atoms with Crippen LogP contribution in [0.1, 0.15) is 39.5 Å². The Kier molecular flexibility index (Phi) is 7.47. The van der Waals surface area contributed by atoms with Gasteiger partial charge in [-0.1, -0.05) is 12.1 Å². The maximum absolute atomic E-state index is 12.6. The third-order valence-electron chi connectivity index (χ3n) is 5.42. The Morgan fingerprint density at radius 2 is 2.00 bits per heavy atom. The van der Waals surface area contributed by atoms with Crippen LogP contribution in [0.3, 0.4) is 0 Å². The van der Waals surface area contributed by atoms with Gasteiger partial charge >= 0.3 is 0 Å². The van der Waals surface area contributed by atoms with E-state index in [2.05, 4.69) is 15.3 Å². The Labute approximate surface area is 197 Å². The minimum absolute atomic E-state index is 0.0220. The number of benzene rings is 1. The summed E-state index contributed by atoms with van der Waals surface area (Å²) < 4.78 is 5.76. The van der Waals surface area contributed by atoms with E-state index < -0.39 is 0 Å². The van der Waals surface area contributed by atoms with E-state index in [9.17, 15) is 9.59 Å². The van der Waals surface area contributed by atoms with Crippen LogP contribution in [0.25, 0.3) is 6.08 Å². The van der Waals surface area contributed by atoms with E-state index in [-0.39, 0.29) is 17.9 Å². The van der Waals surface area contributed by atoms with Crippen molar-refractivity contribution in [2.45, 2.75) is 32.4 Å². The molecule has 0 unspecified atom stereocenters. The summed E-state index contributed by atoms with van der Waals surface area (Å²) in [5, 5.41) is 6.05. The molecule has 33 heavy (non-hydrogen) atoms. The highest BCUT2D eigenvalue weighted by Gasteiger charge is 2.23. The number of hydrogen-bond acceptors (Lipinski definition) is 6. The van der Waals surface area contributed by atoms with Crippen molar-refractivity contribution in [3.05, 3.63) is 82.1 Å². The summed E-state index contributed by atoms with van der Waals surface area (Å²) >= 11 is 1.61. The largest absolute Gasteiger partial charge is 0.487 e. The fourth-order valence-electron chi connectivity index (χ4n) is 3.59. The summed E-state index contributed by atoms with van der Waals surface area (Å²) in [7, 11) is 0. The summed E-state index contributed by atoms with van der Waals surface area (Å²) in [6.07, 6.45) is 8.07. The fraction of sp³-hybridized carbons (Fsp3) is 0.280. The molecule has 0 aliphatic carbocycles. The summed E-state index contributed by atoms with van der Waals surface area (Å²) in [4.78, 5) is 35.0. The van der Waals surface area contributed by atoms with Gasteiger partial charge in [0.1, 0.15) is 12.4 Å². The molecule has 0 spiro atoms. The predicted octanol–water partition coefficient (Wildman–Crippen LogP) is 3.86. The first kappa shape index (κ1) is 22.7. The Balaban J connectivity index is 1.21. The topological polar surface area (TPSA) is 84.4 Å². The molecule has 1 N–H and O–H groups in total. The Morgan fingerprint density at radius 1 is 1.21 bits per heavy atom. The first-order chi connectivity index (χ1) is 16.1. The number of likely N-dealkylation sites (tertiary alicyclic amines) is 1. The molecular weight excluding hydrogens is 436 g/mol. The second-order valence-corrected chi connectivity index (χ2v) is 8.93. The maximum Gasteiger partial charge on any atom is 0.253 e. The van der Waals surface area contributed by atoms with E-state index in [1.54, 1.807) is 41.9 Å². The van der Waals surface area contributed by atoms with Gasteiger partial charge in [-0.25, -0.2) is 4.98 Å². The van der Waals surface area contributed by atoms with Gasteiger partial charge in [0, 0.05) is 43.0 Å². The van der Waals surface area contributed by atoms with E-state index in [0.29, 0.717) is 25.3 Å². The van der Waals surface area contributed by atoms with Gasteiger partial charge in [0.2, 0.25) is 5.91 Å². The average Bonchev–Trinajstić information content (AvgIpc) is 3.28. The number of aromatic nitrogens is 2. The molecule has 3 aromatic rings. The second-order valence-electron chi connectivity index (χ2n) is 7.86. The number of amides is 2. The van der Waals surface area contributed by atoms with Crippen molar-refractivity contribution in [2.75, 3.05) is 13.1 Å². The molecule has 0 atom stereocenters. The van der Waals surface area contributed by atoms with Crippen molar-refractivity contribution in [2.24, 2.45) is 0 Å². The van der Waals surface area contributed by atoms with Gasteiger partial charge in [0.05, 0.1) is 16.3 Å². The zero-order valence-electron chi connectivity index (χ0n) is 18.4. The summed E-state index contributed by atoms with van der Waals surface area (Å²) in [6, 6.07) is 11.2. The van der Waals surface area contributed by atoms with Gasteiger partial charge in [-0.15, -0.1) is 11.3 Å². The number of ether oxygens (including phenoxy) is 1. The molecule has 2 aromatic heterocycles. The minimum atomic E-state index is -0.123. The Hall–Kier alpha value is -3.52. The summed E-state index contributed by atoms with van der Waals surface area (Å²) in [5.41, 5.74) is 2.40. The van der Waals surface area contributed by atoms with E-state index >= 15 is 0 Å². The highest BCUT2D eigenvalue weighted by atomic mass is 32.1. The van der Waals surface area contributed by atoms with Crippen molar-refractivity contribution in [3.8, 4) is 5.75 Å². The van der Waals surface area contributed by atoms with E-state index in [4.69, 9.17) is 4.74 Å². The van der Waals surface area contributed by atoms with Crippen molar-refractivity contribution in [1.29, 1.82) is 0 Å². The zero-order chi connectivity index (χ0) is 23.0. The summed E-state index contributed by atoms with van der Waals surface area (Å²) in [5.74, 6) is 0.618. The smallest absolute Gasteiger partial charge is 0.253 e. The number of pyridine rings is 1. The zero-order valence-corrected chi connectivity index (χ0v) is 19.3. The van der Waals surface area contributed by atoms with E-state index in [0.717, 1.165) is 34.9 Å². The molecule has 0 radical (unpaired) electrons. The SMILES string of the molecule is Cc1nc(COc2ccc(/C=C/C(=O)N3CCC(NC(=O)c4cccnc4)CC3)cc2)cs1. The fourth-order valence-corrected chi connectivity index (χ4v) is 4.19. The van der Waals surface area contributed by atoms with Crippen LogP contribution in [0.5, 0.6) is 5.75 Å². The lowest BCUT2D eigenvalue weighted by atomic mass is 10.0. The van der Waals surface area contributed by atoms with Gasteiger partial charge < -0.3 is 15.0 Å². The Bertz CT molecular complexity index is 1100. The Morgan fingerprint density at radius 3 is 2.67 bits per heavy atom. The van der Waals surface area contributed by atoms with Crippen molar-refractivity contribution in [3.63, 3.8) is 0 Å². The van der Waals surface area contributed by atoms with Crippen LogP contribution >= 0.6 is 11.3 Å². The van der Waals surface area contributed by atoms with Crippen LogP contribution in [0.15, 0.2) is 60.2 Å². The van der Waals surface area contributed by atoms with Crippen molar-refractivity contribution in [1.82, 2.24) is 20.2 Å². The first-order valence-electron chi connectivity index (χ1n) is 10.9. The number of thiazole rings is 1. The average molecular weight is 463 g/mol. The van der Waals surface area contributed by atoms with Crippen LogP contribution in [0.4, 0.5) is 0 Å². The van der Waals surface area contributed by atoms with Gasteiger partial charge in [0.15, 0.2) is 0 Å². The monoisotopic (exact) mass is 462 g/mol. The molecule has 7 nitrogen and oxygen atoms in total. The molecular formula is C25H26N4O3S. The minimum Gasteiger partial charge on any atom is -0.487 e. The molecule has 170 valence electrons. The molecule has 0 saturated carbocycles. The van der Waals surface area contributed by atoms with E-state index in [1.165, 1.54) is 0 Å². The molecule has 8 heteroatoms. The molecule has 3 heterocycles. The van der Waals surface area contributed by atoms with E-state index in [1.807, 2.05) is 47.5 Å². The predicted molar refractivity (Wildman–Crippen MR) is 128 cm³/mol. The lowest BCUT2D eigenvalue weighted by Crippen LogP contribution is -2.46. The number of piperidine rings is 1. The van der Waals surface area contributed by atoms with Gasteiger partial charge in [-0.2, -0.15) is 0 Å². The van der Waals surface area contributed by atoms with Crippen LogP contribution in [0, 0.1) is 6.92 Å². The first-order valence-corrected chi connectivity index (χ1v) is 11.8. The number of carbonyl (C=O) groups excluding carboxylic acids is 2. The molecule has 1 aromatic carbocycles. The molecule has 1 aliphatic rings. The highest BCUT2D eigenvalue weighted by molar-refractivity contribution is 7.09. The maximum atomic E-state index is 12.6. The number of nitrogens with zero attached hydrogens (tertiary/aromatic N) is 3. The lowest BCUT2D eigenvalue weighted by molar-refractivity contribution is -0.126. The van der Waals surface area contributed by atoms with Gasteiger partial charge in [-0.3, -0.25) is 14.6 Å². The molecule has 4 rings (SSSR count). The normalized spacial score (nSPS) is 14.4. The number of nitrogens with one attached hydrogen (secondary N) is 1. The van der Waals surface area contributed by atoms with Gasteiger partial charge in [-0.05, 0) is 55.7 Å². The molecule has 2 amide bonds. The van der Waals surface area contributed by atoms with Crippen molar-refractivity contribution >= 4 is 29.2 Å². The molecule has 0 bridgehead atoms. The van der Waals surface area contributed by atoms with Gasteiger partial charge in [0.25, 0.3) is 5.91 Å². The molecule has 1 saturated heterocycles. The third-order valence-corrected chi connectivity index (χ3v) is 6.24. The number of aryl methyl sites for hydroxylation is 1. The standard InChI is InChI=1S/C25H26N4O3S/c1-18-27-22(17-33-18)16-32-23-7-4-19(5-8-23)6-9-24(30)29-13-10-21(11-14-29)28-25(31)20-3-2-12-26-15-20/h2-9,12,15,17,21H,10-11,13-14,16H2,1H3,(H,28,31)/b9-6+. The van der Waals surface area contributed by atoms with Crippen LogP contribution in [0.2, 0.25) is 0 Å². The quantitative estimate of drug-likeness (QED) is 0.539.